The summed E-state index contributed by atoms with van der Waals surface area (Å²) in [6.07, 6.45) is 0. The van der Waals surface area contributed by atoms with Crippen molar-refractivity contribution in [3.05, 3.63) is 33.8 Å². The van der Waals surface area contributed by atoms with Gasteiger partial charge in [-0.05, 0) is 25.5 Å². The molecule has 0 saturated heterocycles. The third-order valence-electron chi connectivity index (χ3n) is 1.95. The number of hydrogen-bond donors (Lipinski definition) is 1. The molecule has 1 atom stereocenters. The Balaban J connectivity index is 3.15. The Hall–Kier alpha value is -0.670. The van der Waals surface area contributed by atoms with Crippen LogP contribution in [-0.4, -0.2) is 11.8 Å². The molecule has 0 aliphatic carbocycles. The van der Waals surface area contributed by atoms with E-state index in [0.717, 1.165) is 10.0 Å². The van der Waals surface area contributed by atoms with Crippen LogP contribution in [0.4, 0.5) is 0 Å². The highest BCUT2D eigenvalue weighted by Gasteiger charge is 2.13. The van der Waals surface area contributed by atoms with E-state index in [0.29, 0.717) is 5.56 Å². The van der Waals surface area contributed by atoms with Crippen LogP contribution in [0.15, 0.2) is 22.7 Å². The molecule has 2 N–H and O–H groups in total. The summed E-state index contributed by atoms with van der Waals surface area (Å²) in [5, 5.41) is 0. The van der Waals surface area contributed by atoms with Gasteiger partial charge in [0.25, 0.3) is 0 Å². The average Bonchev–Trinajstić information content (AvgIpc) is 2.08. The number of nitrogens with two attached hydrogens (primary N) is 1. The van der Waals surface area contributed by atoms with E-state index in [1.54, 1.807) is 13.0 Å². The molecule has 1 aromatic rings. The summed E-state index contributed by atoms with van der Waals surface area (Å²) in [5.74, 6) is -0.0150. The minimum absolute atomic E-state index is 0.0150. The van der Waals surface area contributed by atoms with Crippen LogP contribution < -0.4 is 5.73 Å². The van der Waals surface area contributed by atoms with Gasteiger partial charge in [-0.1, -0.05) is 28.1 Å². The van der Waals surface area contributed by atoms with Gasteiger partial charge in [-0.3, -0.25) is 4.79 Å². The van der Waals surface area contributed by atoms with Crippen LogP contribution in [0.3, 0.4) is 0 Å². The van der Waals surface area contributed by atoms with Crippen LogP contribution in [0, 0.1) is 6.92 Å². The minimum atomic E-state index is -0.437. The van der Waals surface area contributed by atoms with Crippen molar-refractivity contribution >= 4 is 21.7 Å². The first kappa shape index (κ1) is 10.4. The molecule has 0 bridgehead atoms. The standard InChI is InChI=1S/C10H12BrNO/c1-6-8(10(13)7(2)12)4-3-5-9(6)11/h3-5,7H,12H2,1-2H3. The van der Waals surface area contributed by atoms with E-state index >= 15 is 0 Å². The quantitative estimate of drug-likeness (QED) is 0.808. The number of carbonyl (C=O) groups excluding carboxylic acids is 1. The Bertz CT molecular complexity index is 334. The van der Waals surface area contributed by atoms with E-state index in [1.807, 2.05) is 19.1 Å². The number of benzene rings is 1. The molecule has 0 radical (unpaired) electrons. The molecule has 2 nitrogen and oxygen atoms in total. The van der Waals surface area contributed by atoms with Crippen LogP contribution in [-0.2, 0) is 0 Å². The molecule has 13 heavy (non-hydrogen) atoms. The number of ketones is 1. The normalized spacial score (nSPS) is 12.6. The predicted octanol–water partition coefficient (Wildman–Crippen LogP) is 2.29. The zero-order chi connectivity index (χ0) is 10.0. The second-order valence-corrected chi connectivity index (χ2v) is 3.92. The summed E-state index contributed by atoms with van der Waals surface area (Å²) < 4.78 is 0.944. The van der Waals surface area contributed by atoms with Gasteiger partial charge in [0.15, 0.2) is 5.78 Å². The van der Waals surface area contributed by atoms with Gasteiger partial charge < -0.3 is 5.73 Å². The van der Waals surface area contributed by atoms with Gasteiger partial charge in [-0.25, -0.2) is 0 Å². The average molecular weight is 242 g/mol. The topological polar surface area (TPSA) is 43.1 Å². The summed E-state index contributed by atoms with van der Waals surface area (Å²) >= 11 is 3.37. The molecule has 0 aromatic heterocycles. The molecular weight excluding hydrogens is 230 g/mol. The molecule has 0 amide bonds. The highest BCUT2D eigenvalue weighted by Crippen LogP contribution is 2.20. The van der Waals surface area contributed by atoms with E-state index in [9.17, 15) is 4.79 Å². The zero-order valence-electron chi connectivity index (χ0n) is 7.67. The van der Waals surface area contributed by atoms with Crippen molar-refractivity contribution in [2.75, 3.05) is 0 Å². The van der Waals surface area contributed by atoms with E-state index in [4.69, 9.17) is 5.73 Å². The number of halogens is 1. The number of Topliss-reactive ketones (excluding diaryl/α,β-unsaturated/α-hetero) is 1. The van der Waals surface area contributed by atoms with E-state index < -0.39 is 6.04 Å². The smallest absolute Gasteiger partial charge is 0.179 e. The lowest BCUT2D eigenvalue weighted by atomic mass is 10.0. The van der Waals surface area contributed by atoms with E-state index in [1.165, 1.54) is 0 Å². The summed E-state index contributed by atoms with van der Waals surface area (Å²) in [7, 11) is 0. The van der Waals surface area contributed by atoms with Crippen molar-refractivity contribution < 1.29 is 4.79 Å². The molecule has 0 saturated carbocycles. The van der Waals surface area contributed by atoms with E-state index in [-0.39, 0.29) is 5.78 Å². The molecule has 0 fully saturated rings. The first-order valence-electron chi connectivity index (χ1n) is 4.09. The lowest BCUT2D eigenvalue weighted by molar-refractivity contribution is 0.0967. The largest absolute Gasteiger partial charge is 0.321 e. The van der Waals surface area contributed by atoms with Gasteiger partial charge in [0.05, 0.1) is 6.04 Å². The van der Waals surface area contributed by atoms with Crippen LogP contribution in [0.25, 0.3) is 0 Å². The summed E-state index contributed by atoms with van der Waals surface area (Å²) in [4.78, 5) is 11.6. The van der Waals surface area contributed by atoms with Crippen molar-refractivity contribution in [3.63, 3.8) is 0 Å². The second-order valence-electron chi connectivity index (χ2n) is 3.07. The highest BCUT2D eigenvalue weighted by molar-refractivity contribution is 9.10. The monoisotopic (exact) mass is 241 g/mol. The third kappa shape index (κ3) is 2.17. The van der Waals surface area contributed by atoms with Crippen LogP contribution in [0.5, 0.6) is 0 Å². The van der Waals surface area contributed by atoms with E-state index in [2.05, 4.69) is 15.9 Å². The number of carbonyl (C=O) groups is 1. The molecule has 0 aliphatic heterocycles. The Morgan fingerprint density at radius 3 is 2.69 bits per heavy atom. The van der Waals surface area contributed by atoms with Gasteiger partial charge in [-0.2, -0.15) is 0 Å². The maximum absolute atomic E-state index is 11.6. The molecule has 1 aromatic carbocycles. The SMILES string of the molecule is Cc1c(Br)cccc1C(=O)C(C)N. The number of hydrogen-bond acceptors (Lipinski definition) is 2. The van der Waals surface area contributed by atoms with Crippen molar-refractivity contribution in [2.24, 2.45) is 5.73 Å². The van der Waals surface area contributed by atoms with Crippen LogP contribution >= 0.6 is 15.9 Å². The maximum atomic E-state index is 11.6. The van der Waals surface area contributed by atoms with Gasteiger partial charge in [0.2, 0.25) is 0 Å². The summed E-state index contributed by atoms with van der Waals surface area (Å²) in [6, 6.07) is 5.11. The van der Waals surface area contributed by atoms with Crippen LogP contribution in [0.1, 0.15) is 22.8 Å². The fourth-order valence-electron chi connectivity index (χ4n) is 1.12. The number of rotatable bonds is 2. The third-order valence-corrected chi connectivity index (χ3v) is 2.81. The summed E-state index contributed by atoms with van der Waals surface area (Å²) in [6.45, 7) is 3.60. The predicted molar refractivity (Wildman–Crippen MR) is 56.9 cm³/mol. The van der Waals surface area contributed by atoms with Crippen molar-refractivity contribution in [3.8, 4) is 0 Å². The Morgan fingerprint density at radius 2 is 2.15 bits per heavy atom. The molecule has 1 rings (SSSR count). The molecular formula is C10H12BrNO. The first-order valence-corrected chi connectivity index (χ1v) is 4.88. The summed E-state index contributed by atoms with van der Waals surface area (Å²) in [5.41, 5.74) is 7.17. The van der Waals surface area contributed by atoms with Crippen molar-refractivity contribution in [1.29, 1.82) is 0 Å². The van der Waals surface area contributed by atoms with Gasteiger partial charge in [-0.15, -0.1) is 0 Å². The molecule has 3 heteroatoms. The molecule has 0 aliphatic rings. The fraction of sp³-hybridized carbons (Fsp3) is 0.300. The fourth-order valence-corrected chi connectivity index (χ4v) is 1.49. The first-order chi connectivity index (χ1) is 6.04. The second kappa shape index (κ2) is 4.03. The van der Waals surface area contributed by atoms with Gasteiger partial charge >= 0.3 is 0 Å². The Morgan fingerprint density at radius 1 is 1.54 bits per heavy atom. The Labute approximate surface area is 86.3 Å². The van der Waals surface area contributed by atoms with Gasteiger partial charge in [0, 0.05) is 10.0 Å². The van der Waals surface area contributed by atoms with Crippen molar-refractivity contribution in [1.82, 2.24) is 0 Å². The maximum Gasteiger partial charge on any atom is 0.179 e. The zero-order valence-corrected chi connectivity index (χ0v) is 9.26. The molecule has 70 valence electrons. The van der Waals surface area contributed by atoms with Crippen LogP contribution in [0.2, 0.25) is 0 Å². The lowest BCUT2D eigenvalue weighted by Gasteiger charge is -2.08. The Kier molecular flexibility index (Phi) is 3.22. The van der Waals surface area contributed by atoms with Gasteiger partial charge in [0.1, 0.15) is 0 Å². The molecule has 0 heterocycles. The highest BCUT2D eigenvalue weighted by atomic mass is 79.9. The van der Waals surface area contributed by atoms with Crippen molar-refractivity contribution in [2.45, 2.75) is 19.9 Å². The lowest BCUT2D eigenvalue weighted by Crippen LogP contribution is -2.27. The molecule has 0 spiro atoms. The minimum Gasteiger partial charge on any atom is -0.321 e. The molecule has 1 unspecified atom stereocenters.